The number of benzene rings is 3. The largest absolute Gasteiger partial charge is 0.497 e. The van der Waals surface area contributed by atoms with Crippen LogP contribution in [0.5, 0.6) is 5.75 Å². The summed E-state index contributed by atoms with van der Waals surface area (Å²) in [7, 11) is 1.56. The molecule has 0 saturated heterocycles. The van der Waals surface area contributed by atoms with Gasteiger partial charge in [0.1, 0.15) is 11.3 Å². The lowest BCUT2D eigenvalue weighted by molar-refractivity contribution is 0.102. The van der Waals surface area contributed by atoms with Crippen molar-refractivity contribution < 1.29 is 18.8 Å². The van der Waals surface area contributed by atoms with Crippen molar-refractivity contribution in [2.75, 3.05) is 12.4 Å². The van der Waals surface area contributed by atoms with Crippen molar-refractivity contribution in [1.82, 2.24) is 5.16 Å². The first-order valence-corrected chi connectivity index (χ1v) is 8.69. The van der Waals surface area contributed by atoms with Crippen molar-refractivity contribution in [1.29, 1.82) is 0 Å². The lowest BCUT2D eigenvalue weighted by atomic mass is 9.87. The molecule has 1 heterocycles. The summed E-state index contributed by atoms with van der Waals surface area (Å²) in [6.07, 6.45) is 0. The number of hydrogen-bond acceptors (Lipinski definition) is 5. The number of anilines is 1. The summed E-state index contributed by atoms with van der Waals surface area (Å²) in [5, 5.41) is 7.51. The number of nitrogens with one attached hydrogen (secondary N) is 1. The minimum atomic E-state index is -0.342. The second-order valence-electron chi connectivity index (χ2n) is 6.46. The zero-order valence-electron chi connectivity index (χ0n) is 14.9. The molecule has 4 aromatic rings. The Balaban J connectivity index is 1.61. The maximum absolute atomic E-state index is 12.9. The molecule has 0 aliphatic heterocycles. The highest BCUT2D eigenvalue weighted by Crippen LogP contribution is 2.40. The Morgan fingerprint density at radius 2 is 1.82 bits per heavy atom. The van der Waals surface area contributed by atoms with Crippen LogP contribution in [0, 0.1) is 0 Å². The van der Waals surface area contributed by atoms with E-state index < -0.39 is 0 Å². The number of nitrogens with zero attached hydrogens (tertiary/aromatic N) is 1. The predicted molar refractivity (Wildman–Crippen MR) is 104 cm³/mol. The zero-order chi connectivity index (χ0) is 19.3. The number of ketones is 1. The molecule has 0 saturated carbocycles. The Hall–Kier alpha value is -3.93. The molecule has 0 bridgehead atoms. The van der Waals surface area contributed by atoms with Gasteiger partial charge in [0.15, 0.2) is 11.5 Å². The van der Waals surface area contributed by atoms with E-state index in [0.717, 1.165) is 0 Å². The van der Waals surface area contributed by atoms with Crippen LogP contribution in [0.25, 0.3) is 22.2 Å². The van der Waals surface area contributed by atoms with Crippen LogP contribution in [0.1, 0.15) is 26.3 Å². The lowest BCUT2D eigenvalue weighted by Crippen LogP contribution is -2.14. The van der Waals surface area contributed by atoms with E-state index in [4.69, 9.17) is 9.26 Å². The Morgan fingerprint density at radius 3 is 2.64 bits per heavy atom. The van der Waals surface area contributed by atoms with Gasteiger partial charge in [-0.15, -0.1) is 0 Å². The number of amides is 1. The molecule has 3 aromatic carbocycles. The highest BCUT2D eigenvalue weighted by molar-refractivity contribution is 6.27. The van der Waals surface area contributed by atoms with Crippen LogP contribution >= 0.6 is 0 Å². The summed E-state index contributed by atoms with van der Waals surface area (Å²) in [4.78, 5) is 25.7. The highest BCUT2D eigenvalue weighted by Gasteiger charge is 2.30. The van der Waals surface area contributed by atoms with Crippen LogP contribution in [0.15, 0.2) is 65.2 Å². The van der Waals surface area contributed by atoms with Crippen molar-refractivity contribution in [2.45, 2.75) is 0 Å². The van der Waals surface area contributed by atoms with Crippen molar-refractivity contribution in [3.63, 3.8) is 0 Å². The summed E-state index contributed by atoms with van der Waals surface area (Å²) in [5.41, 5.74) is 3.05. The summed E-state index contributed by atoms with van der Waals surface area (Å²) in [6, 6.07) is 17.6. The molecule has 5 rings (SSSR count). The molecule has 0 unspecified atom stereocenters. The number of methoxy groups -OCH3 is 1. The van der Waals surface area contributed by atoms with Crippen molar-refractivity contribution in [3.8, 4) is 17.1 Å². The topological polar surface area (TPSA) is 81.4 Å². The Bertz CT molecular complexity index is 1270. The third kappa shape index (κ3) is 2.31. The first-order valence-electron chi connectivity index (χ1n) is 8.69. The zero-order valence-corrected chi connectivity index (χ0v) is 14.9. The van der Waals surface area contributed by atoms with E-state index in [1.807, 2.05) is 18.2 Å². The quantitative estimate of drug-likeness (QED) is 0.512. The second-order valence-corrected chi connectivity index (χ2v) is 6.46. The molecule has 6 nitrogen and oxygen atoms in total. The van der Waals surface area contributed by atoms with Gasteiger partial charge in [-0.25, -0.2) is 0 Å². The summed E-state index contributed by atoms with van der Waals surface area (Å²) < 4.78 is 10.7. The van der Waals surface area contributed by atoms with E-state index in [-0.39, 0.29) is 11.7 Å². The SMILES string of the molecule is COc1cccc(NC(=O)c2ccc3c4c(onc24)-c2ccccc2C3=O)c1. The maximum Gasteiger partial charge on any atom is 0.258 e. The number of ether oxygens (including phenoxy) is 1. The highest BCUT2D eigenvalue weighted by atomic mass is 16.5. The molecule has 1 aliphatic rings. The van der Waals surface area contributed by atoms with Gasteiger partial charge >= 0.3 is 0 Å². The molecule has 1 N–H and O–H groups in total. The summed E-state index contributed by atoms with van der Waals surface area (Å²) in [5.74, 6) is 0.705. The molecule has 0 spiro atoms. The van der Waals surface area contributed by atoms with Crippen molar-refractivity contribution in [2.24, 2.45) is 0 Å². The summed E-state index contributed by atoms with van der Waals surface area (Å²) >= 11 is 0. The van der Waals surface area contributed by atoms with Crippen LogP contribution in [-0.4, -0.2) is 24.0 Å². The smallest absolute Gasteiger partial charge is 0.258 e. The van der Waals surface area contributed by atoms with Crippen LogP contribution in [0.2, 0.25) is 0 Å². The molecular weight excluding hydrogens is 356 g/mol. The van der Waals surface area contributed by atoms with E-state index in [0.29, 0.717) is 50.4 Å². The Kier molecular flexibility index (Phi) is 3.52. The molecule has 28 heavy (non-hydrogen) atoms. The van der Waals surface area contributed by atoms with E-state index in [9.17, 15) is 9.59 Å². The molecule has 0 atom stereocenters. The minimum absolute atomic E-state index is 0.101. The number of aromatic nitrogens is 1. The molecule has 6 heteroatoms. The standard InChI is InChI=1S/C22H14N2O4/c1-27-13-6-4-5-12(11-13)23-22(26)17-10-9-16-18-19(17)24-28-21(18)15-8-3-2-7-14(15)20(16)25/h2-11H,1H3,(H,23,26). The third-order valence-electron chi connectivity index (χ3n) is 4.87. The molecular formula is C22H14N2O4. The molecule has 1 aromatic heterocycles. The maximum atomic E-state index is 12.9. The number of fused-ring (bicyclic) bond motifs is 2. The van der Waals surface area contributed by atoms with Gasteiger partial charge in [0.25, 0.3) is 5.91 Å². The van der Waals surface area contributed by atoms with Crippen LogP contribution in [0.4, 0.5) is 5.69 Å². The fraction of sp³-hybridized carbons (Fsp3) is 0.0455. The fourth-order valence-electron chi connectivity index (χ4n) is 3.53. The van der Waals surface area contributed by atoms with Gasteiger partial charge < -0.3 is 14.6 Å². The first kappa shape index (κ1) is 16.3. The van der Waals surface area contributed by atoms with E-state index in [1.165, 1.54) is 0 Å². The second kappa shape index (κ2) is 6.06. The Labute approximate surface area is 159 Å². The normalized spacial score (nSPS) is 12.0. The number of hydrogen-bond donors (Lipinski definition) is 1. The predicted octanol–water partition coefficient (Wildman–Crippen LogP) is 4.30. The fourth-order valence-corrected chi connectivity index (χ4v) is 3.53. The monoisotopic (exact) mass is 370 g/mol. The van der Waals surface area contributed by atoms with Gasteiger partial charge in [-0.1, -0.05) is 35.5 Å². The van der Waals surface area contributed by atoms with Gasteiger partial charge in [-0.3, -0.25) is 9.59 Å². The van der Waals surface area contributed by atoms with Crippen molar-refractivity contribution in [3.05, 3.63) is 77.4 Å². The first-order chi connectivity index (χ1) is 13.7. The molecule has 0 fully saturated rings. The van der Waals surface area contributed by atoms with Gasteiger partial charge in [-0.05, 0) is 24.3 Å². The van der Waals surface area contributed by atoms with Crippen LogP contribution in [0.3, 0.4) is 0 Å². The lowest BCUT2D eigenvalue weighted by Gasteiger charge is -2.14. The Morgan fingerprint density at radius 1 is 1.00 bits per heavy atom. The molecule has 136 valence electrons. The van der Waals surface area contributed by atoms with Crippen molar-refractivity contribution >= 4 is 28.3 Å². The van der Waals surface area contributed by atoms with Crippen LogP contribution < -0.4 is 10.1 Å². The molecule has 1 aliphatic carbocycles. The third-order valence-corrected chi connectivity index (χ3v) is 4.87. The van der Waals surface area contributed by atoms with Crippen LogP contribution in [-0.2, 0) is 0 Å². The van der Waals surface area contributed by atoms with Gasteiger partial charge in [-0.2, -0.15) is 0 Å². The van der Waals surface area contributed by atoms with E-state index in [2.05, 4.69) is 10.5 Å². The molecule has 0 radical (unpaired) electrons. The van der Waals surface area contributed by atoms with E-state index in [1.54, 1.807) is 49.6 Å². The number of rotatable bonds is 3. The van der Waals surface area contributed by atoms with Gasteiger partial charge in [0.2, 0.25) is 0 Å². The van der Waals surface area contributed by atoms with E-state index >= 15 is 0 Å². The number of carbonyl (C=O) groups is 2. The average Bonchev–Trinajstić information content (AvgIpc) is 3.17. The molecule has 1 amide bonds. The summed E-state index contributed by atoms with van der Waals surface area (Å²) in [6.45, 7) is 0. The minimum Gasteiger partial charge on any atom is -0.497 e. The van der Waals surface area contributed by atoms with Gasteiger partial charge in [0.05, 0.1) is 18.1 Å². The average molecular weight is 370 g/mol. The van der Waals surface area contributed by atoms with Gasteiger partial charge in [0, 0.05) is 28.4 Å². The number of carbonyl (C=O) groups excluding carboxylic acids is 2.